The number of ether oxygens (including phenoxy) is 1. The maximum atomic E-state index is 13.6. The molecule has 0 bridgehead atoms. The number of aromatic nitrogens is 6. The zero-order valence-corrected chi connectivity index (χ0v) is 54.6. The number of likely N-dealkylation sites (tertiary alicyclic amines) is 2. The minimum atomic E-state index is -3.67. The van der Waals surface area contributed by atoms with Crippen molar-refractivity contribution < 1.29 is 123 Å². The second-order valence-electron chi connectivity index (χ2n) is 18.6. The molecule has 4 aromatic heterocycles. The fourth-order valence-electron chi connectivity index (χ4n) is 8.13. The molecule has 3 fully saturated rings. The summed E-state index contributed by atoms with van der Waals surface area (Å²) in [5.41, 5.74) is 5.77. The monoisotopic (exact) mass is 1390 g/mol. The van der Waals surface area contributed by atoms with Crippen molar-refractivity contribution in [3.63, 3.8) is 0 Å². The Morgan fingerprint density at radius 2 is 1.13 bits per heavy atom. The second-order valence-corrected chi connectivity index (χ2v) is 20.3. The first-order chi connectivity index (χ1) is 39.7. The Morgan fingerprint density at radius 3 is 1.51 bits per heavy atom. The summed E-state index contributed by atoms with van der Waals surface area (Å²) < 4.78 is 61.7. The summed E-state index contributed by atoms with van der Waals surface area (Å²) in [5.74, 6) is -0.228. The van der Waals surface area contributed by atoms with Crippen LogP contribution in [0.4, 0.5) is 44.7 Å². The maximum Gasteiger partial charge on any atom is 1.00 e. The van der Waals surface area contributed by atoms with Gasteiger partial charge in [0.05, 0.1) is 21.1 Å². The quantitative estimate of drug-likeness (QED) is 0.0544. The molecule has 0 saturated carbocycles. The summed E-state index contributed by atoms with van der Waals surface area (Å²) in [6.45, 7) is 8.52. The van der Waals surface area contributed by atoms with Crippen LogP contribution >= 0.6 is 39.1 Å². The van der Waals surface area contributed by atoms with Crippen LogP contribution < -0.4 is 62.0 Å². The van der Waals surface area contributed by atoms with Gasteiger partial charge in [0.15, 0.2) is 17.9 Å². The van der Waals surface area contributed by atoms with Crippen molar-refractivity contribution in [1.29, 1.82) is 0 Å². The van der Waals surface area contributed by atoms with Crippen molar-refractivity contribution in [2.75, 3.05) is 43.4 Å². The number of pyridine rings is 2. The molecule has 8 aromatic rings. The van der Waals surface area contributed by atoms with E-state index in [9.17, 15) is 21.7 Å². The largest absolute Gasteiger partial charge is 1.00 e. The number of halogens is 8. The number of aliphatic hydroxyl groups excluding tert-OH is 1. The molecule has 0 spiro atoms. The number of fused-ring (bicyclic) bond motifs is 2. The van der Waals surface area contributed by atoms with Crippen molar-refractivity contribution in [2.24, 2.45) is 0 Å². The molecule has 7 heterocycles. The van der Waals surface area contributed by atoms with Crippen molar-refractivity contribution >= 4 is 103 Å². The third kappa shape index (κ3) is 27.9. The van der Waals surface area contributed by atoms with Crippen LogP contribution in [0.5, 0.6) is 0 Å². The van der Waals surface area contributed by atoms with Gasteiger partial charge in [0, 0.05) is 116 Å². The summed E-state index contributed by atoms with van der Waals surface area (Å²) >= 11 is 15.3. The molecule has 0 radical (unpaired) electrons. The molecule has 1 unspecified atom stereocenters. The van der Waals surface area contributed by atoms with Crippen LogP contribution in [0.25, 0.3) is 44.6 Å². The number of benzene rings is 4. The molecule has 1 atom stereocenters. The maximum absolute atomic E-state index is 13.6. The van der Waals surface area contributed by atoms with Gasteiger partial charge in [-0.25, -0.2) is 28.7 Å². The first-order valence-electron chi connectivity index (χ1n) is 26.2. The minimum absolute atomic E-state index is 0. The molecule has 16 nitrogen and oxygen atoms in total. The third-order valence-corrected chi connectivity index (χ3v) is 12.9. The number of nitrogens with one attached hydrogen (secondary N) is 2. The predicted molar refractivity (Wildman–Crippen MR) is 319 cm³/mol. The van der Waals surface area contributed by atoms with E-state index in [-0.39, 0.29) is 81.9 Å². The van der Waals surface area contributed by atoms with Gasteiger partial charge in [0.25, 0.3) is 11.9 Å². The van der Waals surface area contributed by atoms with E-state index in [0.29, 0.717) is 34.7 Å². The van der Waals surface area contributed by atoms with Crippen LogP contribution in [0, 0.1) is 18.7 Å². The van der Waals surface area contributed by atoms with E-state index in [4.69, 9.17) is 62.8 Å². The molecule has 3 saturated heterocycles. The minimum Gasteiger partial charge on any atom is -0.481 e. The molecule has 11 rings (SSSR count). The van der Waals surface area contributed by atoms with Gasteiger partial charge < -0.3 is 35.6 Å². The molecular formula is C58H62BBrCl2F5KN10O6Pd. The Bertz CT molecular complexity index is 3300. The van der Waals surface area contributed by atoms with Crippen LogP contribution in [0.15, 0.2) is 126 Å². The number of carbonyl (C=O) groups is 2. The van der Waals surface area contributed by atoms with Crippen molar-refractivity contribution in [2.45, 2.75) is 78.0 Å². The molecule has 3 aliphatic heterocycles. The van der Waals surface area contributed by atoms with E-state index in [0.717, 1.165) is 90.3 Å². The molecule has 5 N–H and O–H groups in total. The van der Waals surface area contributed by atoms with Gasteiger partial charge in [-0.15, -0.1) is 0 Å². The molecule has 0 aliphatic carbocycles. The number of anilines is 4. The van der Waals surface area contributed by atoms with Crippen LogP contribution in [-0.2, 0) is 41.3 Å². The number of piperidine rings is 2. The zero-order chi connectivity index (χ0) is 60.3. The molecule has 4 aromatic carbocycles. The Kier molecular flexibility index (Phi) is 35.1. The van der Waals surface area contributed by atoms with E-state index < -0.39 is 37.4 Å². The molecule has 3 aliphatic rings. The van der Waals surface area contributed by atoms with Gasteiger partial charge in [-0.05, 0) is 155 Å². The predicted octanol–water partition coefficient (Wildman–Crippen LogP) is 11.6. The fourth-order valence-corrected chi connectivity index (χ4v) is 8.84. The molecular weight excluding hydrogens is 1330 g/mol. The first-order valence-corrected chi connectivity index (χ1v) is 27.7. The van der Waals surface area contributed by atoms with E-state index in [1.807, 2.05) is 42.5 Å². The summed E-state index contributed by atoms with van der Waals surface area (Å²) in [5, 5.41) is 31.7. The Labute approximate surface area is 565 Å². The fraction of sp³-hybridized carbons (Fsp3) is 0.293. The number of aliphatic hydroxyl groups is 1. The zero-order valence-electron chi connectivity index (χ0n) is 46.8. The second kappa shape index (κ2) is 40.0. The molecule has 27 heteroatoms. The van der Waals surface area contributed by atoms with Crippen LogP contribution in [0.2, 0.25) is 10.0 Å². The van der Waals surface area contributed by atoms with E-state index in [1.54, 1.807) is 43.0 Å². The number of carboxylic acids is 2. The van der Waals surface area contributed by atoms with E-state index >= 15 is 0 Å². The van der Waals surface area contributed by atoms with Gasteiger partial charge in [-0.3, -0.25) is 44.5 Å². The van der Waals surface area contributed by atoms with Crippen LogP contribution in [-0.4, -0.2) is 114 Å². The van der Waals surface area contributed by atoms with Crippen molar-refractivity contribution in [1.82, 2.24) is 39.7 Å². The summed E-state index contributed by atoms with van der Waals surface area (Å²) in [7, 11) is 0.164. The standard InChI is InChI=1S/C25H23ClFN5.C19H11BrClFN4.C6H12N.C4H8O2.2C2H4O2.BF3.K.Pd/c26-21-14-19(7-9-22(21)27)29-25-20-8-6-17(16-32-11-2-1-3-12-32)13-23(20)30-24(31-25)18-5-4-10-28-15-18;20-12-3-5-14-17(8-12)25-18(11-2-1-7-23-10-11)26-19(14)24-13-4-6-16(22)15(21)9-13;1-7-5-3-2-4-6-7;5-4-2-1-3-6-4;2*1-2(3)4;2-1(3)4;;/h4-10,13-15H,1-3,11-12,16H2,(H,29,30,31);1-10H,(H,24,25,26);1-6H2;4-5H,1-3H2;2*1H3,(H,3,4);;;/q;;-1;;;;;+1;. The van der Waals surface area contributed by atoms with E-state index in [2.05, 4.69) is 81.5 Å². The summed E-state index contributed by atoms with van der Waals surface area (Å²) in [6, 6.07) is 28.6. The third-order valence-electron chi connectivity index (χ3n) is 11.8. The van der Waals surface area contributed by atoms with Gasteiger partial charge >= 0.3 is 58.9 Å². The van der Waals surface area contributed by atoms with Gasteiger partial charge in [-0.2, -0.15) is 0 Å². The molecule has 0 amide bonds. The number of nitrogens with zero attached hydrogens (tertiary/aromatic N) is 8. The molecule has 450 valence electrons. The SMILES string of the molecule is CC(=O)O.CC(=O)O.FB(F)F.Fc1ccc(Nc2nc(-c3cccnc3)nc3cc(Br)ccc23)cc1Cl.Fc1ccc(Nc2nc(-c3cccnc3)nc3cc(CN4CCCCC4)ccc23)cc1Cl.OC1CCCO1.[CH2-]N1CCCCC1.[K+].[Pd]. The molecule has 85 heavy (non-hydrogen) atoms. The summed E-state index contributed by atoms with van der Waals surface area (Å²) in [6.07, 6.45) is 16.2. The topological polar surface area (TPSA) is 212 Å². The number of aliphatic carboxylic acids is 2. The van der Waals surface area contributed by atoms with Gasteiger partial charge in [0.2, 0.25) is 0 Å². The number of rotatable bonds is 8. The summed E-state index contributed by atoms with van der Waals surface area (Å²) in [4.78, 5) is 49.8. The Hall–Kier alpha value is -4.69. The number of hydrogen-bond donors (Lipinski definition) is 5. The Balaban J connectivity index is 0.000000315. The normalized spacial score (nSPS) is 14.2. The van der Waals surface area contributed by atoms with E-state index in [1.165, 1.54) is 75.4 Å². The number of carboxylic acid groups (broad SMARTS) is 2. The van der Waals surface area contributed by atoms with Crippen molar-refractivity contribution in [3.05, 3.63) is 161 Å². The average Bonchev–Trinajstić information content (AvgIpc) is 4.02. The van der Waals surface area contributed by atoms with Crippen LogP contribution in [0.1, 0.15) is 70.8 Å². The van der Waals surface area contributed by atoms with Crippen molar-refractivity contribution in [3.8, 4) is 22.8 Å². The van der Waals surface area contributed by atoms with Gasteiger partial charge in [0.1, 0.15) is 23.3 Å². The van der Waals surface area contributed by atoms with Gasteiger partial charge in [-0.1, -0.05) is 58.0 Å². The Morgan fingerprint density at radius 1 is 0.682 bits per heavy atom. The number of hydrogen-bond acceptors (Lipinski definition) is 14. The van der Waals surface area contributed by atoms with Crippen LogP contribution in [0.3, 0.4) is 0 Å². The smallest absolute Gasteiger partial charge is 0.481 e. The average molecular weight is 1400 g/mol. The first kappa shape index (κ1) is 74.6.